The summed E-state index contributed by atoms with van der Waals surface area (Å²) in [6.45, 7) is 3.17. The second kappa shape index (κ2) is 7.85. The quantitative estimate of drug-likeness (QED) is 0.597. The molecule has 0 saturated carbocycles. The SMILES string of the molecule is O=c1[nH]c(NCc2ccc(Cl)c(Cl)c2)nc2cnn(CC3CNCCO3)c12. The first kappa shape index (κ1) is 18.2. The van der Waals surface area contributed by atoms with Crippen molar-refractivity contribution in [2.45, 2.75) is 19.2 Å². The van der Waals surface area contributed by atoms with E-state index in [2.05, 4.69) is 25.7 Å². The number of fused-ring (bicyclic) bond motifs is 1. The molecule has 4 rings (SSSR count). The van der Waals surface area contributed by atoms with Crippen molar-refractivity contribution in [1.82, 2.24) is 25.1 Å². The molecule has 1 unspecified atom stereocenters. The molecule has 3 N–H and O–H groups in total. The van der Waals surface area contributed by atoms with Crippen LogP contribution < -0.4 is 16.2 Å². The van der Waals surface area contributed by atoms with Crippen molar-refractivity contribution in [2.24, 2.45) is 0 Å². The molecule has 0 aliphatic carbocycles. The van der Waals surface area contributed by atoms with E-state index < -0.39 is 0 Å². The summed E-state index contributed by atoms with van der Waals surface area (Å²) >= 11 is 11.9. The lowest BCUT2D eigenvalue weighted by molar-refractivity contribution is 0.0169. The van der Waals surface area contributed by atoms with E-state index in [-0.39, 0.29) is 11.7 Å². The molecule has 0 radical (unpaired) electrons. The maximum Gasteiger partial charge on any atom is 0.278 e. The molecule has 1 aromatic carbocycles. The lowest BCUT2D eigenvalue weighted by Gasteiger charge is -2.23. The number of morpholine rings is 1. The highest BCUT2D eigenvalue weighted by atomic mass is 35.5. The number of aromatic amines is 1. The molecule has 27 heavy (non-hydrogen) atoms. The van der Waals surface area contributed by atoms with Gasteiger partial charge < -0.3 is 15.4 Å². The molecule has 8 nitrogen and oxygen atoms in total. The van der Waals surface area contributed by atoms with Gasteiger partial charge in [-0.25, -0.2) is 4.98 Å². The standard InChI is InChI=1S/C17H18Cl2N6O2/c18-12-2-1-10(5-13(12)19)6-21-17-23-14-8-22-25(15(14)16(26)24-17)9-11-7-20-3-4-27-11/h1-2,5,8,11,20H,3-4,6-7,9H2,(H2,21,23,24,26). The first-order chi connectivity index (χ1) is 13.1. The topological polar surface area (TPSA) is 96.9 Å². The zero-order valence-corrected chi connectivity index (χ0v) is 15.8. The van der Waals surface area contributed by atoms with Crippen LogP contribution in [-0.2, 0) is 17.8 Å². The van der Waals surface area contributed by atoms with E-state index >= 15 is 0 Å². The van der Waals surface area contributed by atoms with Crippen LogP contribution >= 0.6 is 23.2 Å². The van der Waals surface area contributed by atoms with E-state index in [1.54, 1.807) is 23.0 Å². The number of hydrogen-bond donors (Lipinski definition) is 3. The van der Waals surface area contributed by atoms with Crippen LogP contribution in [0.25, 0.3) is 11.0 Å². The highest BCUT2D eigenvalue weighted by Crippen LogP contribution is 2.22. The molecule has 10 heteroatoms. The molecule has 1 aliphatic heterocycles. The van der Waals surface area contributed by atoms with Crippen LogP contribution in [0.4, 0.5) is 5.95 Å². The largest absolute Gasteiger partial charge is 0.374 e. The Labute approximate surface area is 164 Å². The van der Waals surface area contributed by atoms with Gasteiger partial charge >= 0.3 is 0 Å². The Hall–Kier alpha value is -2.13. The molecule has 1 saturated heterocycles. The number of nitrogens with one attached hydrogen (secondary N) is 3. The van der Waals surface area contributed by atoms with Crippen molar-refractivity contribution < 1.29 is 4.74 Å². The maximum absolute atomic E-state index is 12.5. The summed E-state index contributed by atoms with van der Waals surface area (Å²) in [4.78, 5) is 19.7. The Morgan fingerprint density at radius 3 is 3.00 bits per heavy atom. The van der Waals surface area contributed by atoms with Crippen molar-refractivity contribution in [1.29, 1.82) is 0 Å². The van der Waals surface area contributed by atoms with Crippen LogP contribution in [0.3, 0.4) is 0 Å². The predicted octanol–water partition coefficient (Wildman–Crippen LogP) is 2.03. The summed E-state index contributed by atoms with van der Waals surface area (Å²) in [7, 11) is 0. The summed E-state index contributed by atoms with van der Waals surface area (Å²) in [5, 5.41) is 11.6. The van der Waals surface area contributed by atoms with Gasteiger partial charge in [0.2, 0.25) is 5.95 Å². The van der Waals surface area contributed by atoms with Gasteiger partial charge in [0.05, 0.1) is 35.5 Å². The third-order valence-electron chi connectivity index (χ3n) is 4.32. The molecule has 1 atom stereocenters. The van der Waals surface area contributed by atoms with Gasteiger partial charge in [-0.05, 0) is 17.7 Å². The van der Waals surface area contributed by atoms with Gasteiger partial charge in [-0.3, -0.25) is 14.5 Å². The zero-order valence-electron chi connectivity index (χ0n) is 14.3. The van der Waals surface area contributed by atoms with Crippen LogP contribution in [0, 0.1) is 0 Å². The number of hydrogen-bond acceptors (Lipinski definition) is 6. The molecule has 0 amide bonds. The molecule has 0 bridgehead atoms. The van der Waals surface area contributed by atoms with Crippen LogP contribution in [0.1, 0.15) is 5.56 Å². The first-order valence-corrected chi connectivity index (χ1v) is 9.32. The number of aromatic nitrogens is 4. The lowest BCUT2D eigenvalue weighted by Crippen LogP contribution is -2.41. The fourth-order valence-electron chi connectivity index (χ4n) is 2.99. The zero-order chi connectivity index (χ0) is 18.8. The Bertz CT molecular complexity index is 1010. The van der Waals surface area contributed by atoms with Crippen molar-refractivity contribution in [3.8, 4) is 0 Å². The van der Waals surface area contributed by atoms with E-state index in [1.165, 1.54) is 0 Å². The Balaban J connectivity index is 1.51. The predicted molar refractivity (Wildman–Crippen MR) is 105 cm³/mol. The van der Waals surface area contributed by atoms with E-state index in [4.69, 9.17) is 27.9 Å². The third kappa shape index (κ3) is 4.08. The van der Waals surface area contributed by atoms with Crippen LogP contribution in [0.5, 0.6) is 0 Å². The van der Waals surface area contributed by atoms with E-state index in [0.717, 1.165) is 18.7 Å². The molecular formula is C17H18Cl2N6O2. The van der Waals surface area contributed by atoms with E-state index in [9.17, 15) is 4.79 Å². The molecule has 1 aliphatic rings. The van der Waals surface area contributed by atoms with Crippen molar-refractivity contribution in [3.05, 3.63) is 50.4 Å². The minimum atomic E-state index is -0.252. The summed E-state index contributed by atoms with van der Waals surface area (Å²) in [6, 6.07) is 5.35. The summed E-state index contributed by atoms with van der Waals surface area (Å²) < 4.78 is 7.32. The monoisotopic (exact) mass is 408 g/mol. The highest BCUT2D eigenvalue weighted by molar-refractivity contribution is 6.42. The van der Waals surface area contributed by atoms with Gasteiger partial charge in [-0.2, -0.15) is 5.10 Å². The lowest BCUT2D eigenvalue weighted by atomic mass is 10.2. The molecule has 0 spiro atoms. The van der Waals surface area contributed by atoms with Gasteiger partial charge in [-0.1, -0.05) is 29.3 Å². The van der Waals surface area contributed by atoms with Crippen LogP contribution in [-0.4, -0.2) is 45.5 Å². The minimum absolute atomic E-state index is 0.0197. The molecule has 142 valence electrons. The van der Waals surface area contributed by atoms with Crippen LogP contribution in [0.2, 0.25) is 10.0 Å². The van der Waals surface area contributed by atoms with Gasteiger partial charge in [-0.15, -0.1) is 0 Å². The number of benzene rings is 1. The maximum atomic E-state index is 12.5. The molecule has 3 aromatic rings. The number of ether oxygens (including phenoxy) is 1. The molecule has 3 heterocycles. The fraction of sp³-hybridized carbons (Fsp3) is 0.353. The average Bonchev–Trinajstić information content (AvgIpc) is 3.07. The fourth-order valence-corrected chi connectivity index (χ4v) is 3.31. The van der Waals surface area contributed by atoms with Gasteiger partial charge in [0.15, 0.2) is 5.52 Å². The second-order valence-electron chi connectivity index (χ2n) is 6.27. The normalized spacial score (nSPS) is 17.3. The summed E-state index contributed by atoms with van der Waals surface area (Å²) in [5.41, 5.74) is 1.63. The molecular weight excluding hydrogens is 391 g/mol. The number of nitrogens with zero attached hydrogens (tertiary/aromatic N) is 3. The molecule has 2 aromatic heterocycles. The Kier molecular flexibility index (Phi) is 5.31. The third-order valence-corrected chi connectivity index (χ3v) is 5.06. The second-order valence-corrected chi connectivity index (χ2v) is 7.09. The average molecular weight is 409 g/mol. The number of halogens is 2. The number of anilines is 1. The van der Waals surface area contributed by atoms with Crippen molar-refractivity contribution in [2.75, 3.05) is 25.0 Å². The van der Waals surface area contributed by atoms with Gasteiger partial charge in [0.25, 0.3) is 5.56 Å². The smallest absolute Gasteiger partial charge is 0.278 e. The Morgan fingerprint density at radius 2 is 2.22 bits per heavy atom. The molecule has 1 fully saturated rings. The van der Waals surface area contributed by atoms with Gasteiger partial charge in [0, 0.05) is 19.6 Å². The number of H-pyrrole nitrogens is 1. The van der Waals surface area contributed by atoms with E-state index in [0.29, 0.717) is 46.7 Å². The van der Waals surface area contributed by atoms with Crippen molar-refractivity contribution in [3.63, 3.8) is 0 Å². The summed E-state index contributed by atoms with van der Waals surface area (Å²) in [6.07, 6.45) is 1.57. The van der Waals surface area contributed by atoms with Gasteiger partial charge in [0.1, 0.15) is 5.52 Å². The first-order valence-electron chi connectivity index (χ1n) is 8.56. The minimum Gasteiger partial charge on any atom is -0.374 e. The van der Waals surface area contributed by atoms with Crippen LogP contribution in [0.15, 0.2) is 29.2 Å². The highest BCUT2D eigenvalue weighted by Gasteiger charge is 2.17. The Morgan fingerprint density at radius 1 is 1.33 bits per heavy atom. The summed E-state index contributed by atoms with van der Waals surface area (Å²) in [5.74, 6) is 0.369. The van der Waals surface area contributed by atoms with E-state index in [1.807, 2.05) is 6.07 Å². The van der Waals surface area contributed by atoms with Crippen molar-refractivity contribution >= 4 is 40.2 Å². The number of rotatable bonds is 5.